The van der Waals surface area contributed by atoms with Crippen molar-refractivity contribution in [2.24, 2.45) is 5.92 Å². The number of carbonyl (C=O) groups excluding carboxylic acids is 2. The first-order chi connectivity index (χ1) is 15.2. The zero-order valence-electron chi connectivity index (χ0n) is 17.8. The Morgan fingerprint density at radius 3 is 2.35 bits per heavy atom. The number of amides is 2. The lowest BCUT2D eigenvalue weighted by Gasteiger charge is -2.31. The number of nitrogens with one attached hydrogen (secondary N) is 1. The van der Waals surface area contributed by atoms with E-state index in [0.29, 0.717) is 39.1 Å². The Balaban J connectivity index is 1.30. The second kappa shape index (κ2) is 9.75. The van der Waals surface area contributed by atoms with Gasteiger partial charge in [0, 0.05) is 38.2 Å². The van der Waals surface area contributed by atoms with Gasteiger partial charge in [-0.05, 0) is 40.8 Å². The summed E-state index contributed by atoms with van der Waals surface area (Å²) in [6.45, 7) is 2.31. The number of piperidine rings is 1. The van der Waals surface area contributed by atoms with Crippen molar-refractivity contribution in [1.82, 2.24) is 10.2 Å². The second-order valence-electron chi connectivity index (χ2n) is 8.06. The summed E-state index contributed by atoms with van der Waals surface area (Å²) < 4.78 is 5.12. The van der Waals surface area contributed by atoms with Gasteiger partial charge in [0.15, 0.2) is 0 Å². The molecule has 1 fully saturated rings. The fraction of sp³-hybridized carbons (Fsp3) is 0.308. The highest BCUT2D eigenvalue weighted by molar-refractivity contribution is 6.07. The van der Waals surface area contributed by atoms with E-state index in [0.717, 1.165) is 27.5 Å². The molecule has 4 rings (SSSR count). The number of hydrogen-bond donors (Lipinski definition) is 1. The molecule has 31 heavy (non-hydrogen) atoms. The van der Waals surface area contributed by atoms with Crippen LogP contribution in [0.2, 0.25) is 0 Å². The molecule has 0 aromatic heterocycles. The lowest BCUT2D eigenvalue weighted by Crippen LogP contribution is -2.43. The lowest BCUT2D eigenvalue weighted by molar-refractivity contribution is -0.126. The van der Waals surface area contributed by atoms with Crippen molar-refractivity contribution < 1.29 is 14.3 Å². The van der Waals surface area contributed by atoms with Gasteiger partial charge in [-0.3, -0.25) is 9.59 Å². The number of benzene rings is 3. The fourth-order valence-electron chi connectivity index (χ4n) is 4.18. The Morgan fingerprint density at radius 1 is 0.935 bits per heavy atom. The van der Waals surface area contributed by atoms with Gasteiger partial charge in [0.05, 0.1) is 6.61 Å². The van der Waals surface area contributed by atoms with Gasteiger partial charge in [-0.1, -0.05) is 60.7 Å². The van der Waals surface area contributed by atoms with E-state index in [2.05, 4.69) is 5.32 Å². The Bertz CT molecular complexity index is 1050. The third kappa shape index (κ3) is 4.94. The molecular weight excluding hydrogens is 388 g/mol. The third-order valence-electron chi connectivity index (χ3n) is 5.97. The van der Waals surface area contributed by atoms with E-state index in [1.807, 2.05) is 71.6 Å². The van der Waals surface area contributed by atoms with Crippen molar-refractivity contribution in [1.29, 1.82) is 0 Å². The zero-order valence-corrected chi connectivity index (χ0v) is 17.8. The van der Waals surface area contributed by atoms with Gasteiger partial charge in [0.2, 0.25) is 5.91 Å². The molecule has 0 aliphatic carbocycles. The molecule has 2 amide bonds. The second-order valence-corrected chi connectivity index (χ2v) is 8.06. The van der Waals surface area contributed by atoms with Crippen LogP contribution in [-0.2, 0) is 22.7 Å². The Hall–Kier alpha value is -3.18. The molecule has 0 unspecified atom stereocenters. The molecule has 160 valence electrons. The van der Waals surface area contributed by atoms with Crippen LogP contribution >= 0.6 is 0 Å². The summed E-state index contributed by atoms with van der Waals surface area (Å²) in [5.74, 6) is 0.0642. The SMILES string of the molecule is COCc1ccc(CNC(=O)C2CCN(C(=O)c3cccc4ccccc34)CC2)cc1. The summed E-state index contributed by atoms with van der Waals surface area (Å²) >= 11 is 0. The topological polar surface area (TPSA) is 58.6 Å². The minimum Gasteiger partial charge on any atom is -0.380 e. The van der Waals surface area contributed by atoms with Crippen LogP contribution in [0.5, 0.6) is 0 Å². The van der Waals surface area contributed by atoms with Gasteiger partial charge in [-0.25, -0.2) is 0 Å². The maximum Gasteiger partial charge on any atom is 0.254 e. The lowest BCUT2D eigenvalue weighted by atomic mass is 9.94. The Kier molecular flexibility index (Phi) is 6.63. The fourth-order valence-corrected chi connectivity index (χ4v) is 4.18. The summed E-state index contributed by atoms with van der Waals surface area (Å²) in [6.07, 6.45) is 1.38. The first kappa shape index (κ1) is 21.1. The van der Waals surface area contributed by atoms with Crippen LogP contribution in [0.4, 0.5) is 0 Å². The minimum atomic E-state index is -0.0515. The molecule has 1 N–H and O–H groups in total. The highest BCUT2D eigenvalue weighted by Crippen LogP contribution is 2.24. The molecule has 0 atom stereocenters. The first-order valence-corrected chi connectivity index (χ1v) is 10.8. The van der Waals surface area contributed by atoms with Crippen LogP contribution in [0.15, 0.2) is 66.7 Å². The van der Waals surface area contributed by atoms with Crippen molar-refractivity contribution in [3.8, 4) is 0 Å². The van der Waals surface area contributed by atoms with E-state index >= 15 is 0 Å². The molecule has 3 aromatic rings. The van der Waals surface area contributed by atoms with Crippen LogP contribution in [0.3, 0.4) is 0 Å². The van der Waals surface area contributed by atoms with Crippen molar-refractivity contribution in [2.75, 3.05) is 20.2 Å². The Morgan fingerprint density at radius 2 is 1.61 bits per heavy atom. The van der Waals surface area contributed by atoms with E-state index in [4.69, 9.17) is 4.74 Å². The largest absolute Gasteiger partial charge is 0.380 e. The monoisotopic (exact) mass is 416 g/mol. The van der Waals surface area contributed by atoms with Crippen molar-refractivity contribution in [2.45, 2.75) is 26.0 Å². The standard InChI is InChI=1S/C26H28N2O3/c1-31-18-20-11-9-19(10-12-20)17-27-25(29)22-13-15-28(16-14-22)26(30)24-8-4-6-21-5-2-3-7-23(21)24/h2-12,22H,13-18H2,1H3,(H,27,29). The van der Waals surface area contributed by atoms with E-state index in [1.165, 1.54) is 0 Å². The first-order valence-electron chi connectivity index (χ1n) is 10.8. The summed E-state index contributed by atoms with van der Waals surface area (Å²) in [5, 5.41) is 5.09. The van der Waals surface area contributed by atoms with E-state index in [1.54, 1.807) is 7.11 Å². The third-order valence-corrected chi connectivity index (χ3v) is 5.97. The minimum absolute atomic E-state index is 0.0480. The quantitative estimate of drug-likeness (QED) is 0.657. The number of carbonyl (C=O) groups is 2. The van der Waals surface area contributed by atoms with Gasteiger partial charge in [-0.2, -0.15) is 0 Å². The predicted octanol–water partition coefficient (Wildman–Crippen LogP) is 4.15. The average Bonchev–Trinajstić information content (AvgIpc) is 2.83. The number of ether oxygens (including phenoxy) is 1. The maximum absolute atomic E-state index is 13.1. The molecule has 0 radical (unpaired) electrons. The summed E-state index contributed by atoms with van der Waals surface area (Å²) in [4.78, 5) is 27.6. The van der Waals surface area contributed by atoms with Crippen LogP contribution in [0, 0.1) is 5.92 Å². The molecule has 5 heteroatoms. The molecule has 0 saturated carbocycles. The highest BCUT2D eigenvalue weighted by atomic mass is 16.5. The summed E-state index contributed by atoms with van der Waals surface area (Å²) in [7, 11) is 1.68. The van der Waals surface area contributed by atoms with Crippen molar-refractivity contribution in [3.05, 3.63) is 83.4 Å². The summed E-state index contributed by atoms with van der Waals surface area (Å²) in [6, 6.07) is 21.9. The zero-order chi connectivity index (χ0) is 21.6. The summed E-state index contributed by atoms with van der Waals surface area (Å²) in [5.41, 5.74) is 2.91. The Labute approximate surface area is 183 Å². The number of likely N-dealkylation sites (tertiary alicyclic amines) is 1. The maximum atomic E-state index is 13.1. The van der Waals surface area contributed by atoms with Gasteiger partial charge in [0.25, 0.3) is 5.91 Å². The number of rotatable bonds is 6. The molecular formula is C26H28N2O3. The van der Waals surface area contributed by atoms with Crippen LogP contribution < -0.4 is 5.32 Å². The van der Waals surface area contributed by atoms with Gasteiger partial charge in [-0.15, -0.1) is 0 Å². The molecule has 0 bridgehead atoms. The number of nitrogens with zero attached hydrogens (tertiary/aromatic N) is 1. The average molecular weight is 417 g/mol. The van der Waals surface area contributed by atoms with Crippen molar-refractivity contribution >= 4 is 22.6 Å². The predicted molar refractivity (Wildman–Crippen MR) is 122 cm³/mol. The molecule has 3 aromatic carbocycles. The molecule has 1 aliphatic heterocycles. The van der Waals surface area contributed by atoms with E-state index in [-0.39, 0.29) is 17.7 Å². The van der Waals surface area contributed by atoms with Crippen LogP contribution in [-0.4, -0.2) is 36.9 Å². The van der Waals surface area contributed by atoms with Crippen molar-refractivity contribution in [3.63, 3.8) is 0 Å². The number of fused-ring (bicyclic) bond motifs is 1. The molecule has 1 aliphatic rings. The van der Waals surface area contributed by atoms with E-state index in [9.17, 15) is 9.59 Å². The van der Waals surface area contributed by atoms with E-state index < -0.39 is 0 Å². The normalized spacial score (nSPS) is 14.5. The molecule has 1 saturated heterocycles. The van der Waals surface area contributed by atoms with Crippen LogP contribution in [0.1, 0.15) is 34.3 Å². The number of hydrogen-bond acceptors (Lipinski definition) is 3. The number of methoxy groups -OCH3 is 1. The van der Waals surface area contributed by atoms with Crippen LogP contribution in [0.25, 0.3) is 10.8 Å². The highest BCUT2D eigenvalue weighted by Gasteiger charge is 2.28. The van der Waals surface area contributed by atoms with Gasteiger partial charge >= 0.3 is 0 Å². The molecule has 1 heterocycles. The van der Waals surface area contributed by atoms with Gasteiger partial charge in [0.1, 0.15) is 0 Å². The smallest absolute Gasteiger partial charge is 0.254 e. The molecule has 0 spiro atoms. The van der Waals surface area contributed by atoms with Gasteiger partial charge < -0.3 is 15.0 Å². The molecule has 5 nitrogen and oxygen atoms in total.